The molecule has 0 bridgehead atoms. The molecule has 2 N–H and O–H groups in total. The summed E-state index contributed by atoms with van der Waals surface area (Å²) in [6, 6.07) is 10.2. The van der Waals surface area contributed by atoms with Crippen LogP contribution in [0.1, 0.15) is 24.2 Å². The third kappa shape index (κ3) is 3.27. The predicted octanol–water partition coefficient (Wildman–Crippen LogP) is 2.96. The monoisotopic (exact) mass is 341 g/mol. The number of ether oxygens (including phenoxy) is 1. The number of hydrogen-bond donors (Lipinski definition) is 2. The molecular weight excluding hydrogens is 326 g/mol. The minimum Gasteiger partial charge on any atom is -0.476 e. The number of fused-ring (bicyclic) bond motifs is 1. The Labute approximate surface area is 142 Å². The molecule has 2 amide bonds. The Balaban J connectivity index is 1.77. The maximum Gasteiger partial charge on any atom is 0.269 e. The molecule has 0 saturated heterocycles. The Morgan fingerprint density at radius 3 is 2.52 bits per heavy atom. The highest BCUT2D eigenvalue weighted by Crippen LogP contribution is 2.35. The van der Waals surface area contributed by atoms with E-state index in [9.17, 15) is 19.7 Å². The number of nitrogens with zero attached hydrogens (tertiary/aromatic N) is 1. The van der Waals surface area contributed by atoms with Crippen LogP contribution in [0, 0.1) is 10.1 Å². The number of anilines is 2. The zero-order valence-electron chi connectivity index (χ0n) is 13.5. The molecule has 0 aliphatic carbocycles. The van der Waals surface area contributed by atoms with Crippen molar-refractivity contribution in [2.75, 3.05) is 10.6 Å². The average molecular weight is 341 g/mol. The van der Waals surface area contributed by atoms with Gasteiger partial charge in [-0.05, 0) is 44.2 Å². The van der Waals surface area contributed by atoms with E-state index >= 15 is 0 Å². The number of benzene rings is 2. The molecule has 0 spiro atoms. The molecule has 0 aromatic heterocycles. The van der Waals surface area contributed by atoms with Crippen molar-refractivity contribution in [1.29, 1.82) is 0 Å². The summed E-state index contributed by atoms with van der Waals surface area (Å²) < 4.78 is 5.62. The van der Waals surface area contributed by atoms with Crippen LogP contribution in [0.3, 0.4) is 0 Å². The molecule has 0 fully saturated rings. The summed E-state index contributed by atoms with van der Waals surface area (Å²) in [4.78, 5) is 34.3. The van der Waals surface area contributed by atoms with E-state index in [1.807, 2.05) is 0 Å². The standard InChI is InChI=1S/C17H15N3O5/c1-17(2)16(22)19-13-9-11(5-8-14(13)25-17)18-15(21)10-3-6-12(7-4-10)20(23)24/h3-9H,1-2H3,(H,18,21)(H,19,22). The number of carbonyl (C=O) groups excluding carboxylic acids is 2. The van der Waals surface area contributed by atoms with Crippen LogP contribution < -0.4 is 15.4 Å². The van der Waals surface area contributed by atoms with E-state index in [0.29, 0.717) is 17.1 Å². The van der Waals surface area contributed by atoms with Crippen LogP contribution >= 0.6 is 0 Å². The van der Waals surface area contributed by atoms with E-state index in [-0.39, 0.29) is 17.2 Å². The molecule has 2 aromatic carbocycles. The van der Waals surface area contributed by atoms with Crippen molar-refractivity contribution >= 4 is 28.9 Å². The van der Waals surface area contributed by atoms with Crippen molar-refractivity contribution in [3.63, 3.8) is 0 Å². The second kappa shape index (κ2) is 5.90. The highest BCUT2D eigenvalue weighted by atomic mass is 16.6. The molecule has 1 aliphatic heterocycles. The van der Waals surface area contributed by atoms with Crippen LogP contribution in [-0.4, -0.2) is 22.3 Å². The Kier molecular flexibility index (Phi) is 3.88. The Morgan fingerprint density at radius 1 is 1.20 bits per heavy atom. The zero-order chi connectivity index (χ0) is 18.2. The van der Waals surface area contributed by atoms with Gasteiger partial charge in [0.1, 0.15) is 5.75 Å². The Bertz CT molecular complexity index is 874. The first-order valence-corrected chi connectivity index (χ1v) is 7.46. The number of rotatable bonds is 3. The fraction of sp³-hybridized carbons (Fsp3) is 0.176. The van der Waals surface area contributed by atoms with E-state index in [4.69, 9.17) is 4.74 Å². The summed E-state index contributed by atoms with van der Waals surface area (Å²) in [6.45, 7) is 3.32. The lowest BCUT2D eigenvalue weighted by Gasteiger charge is -2.31. The molecule has 3 rings (SSSR count). The lowest BCUT2D eigenvalue weighted by Crippen LogP contribution is -2.45. The smallest absolute Gasteiger partial charge is 0.269 e. The van der Waals surface area contributed by atoms with Gasteiger partial charge in [-0.3, -0.25) is 19.7 Å². The second-order valence-electron chi connectivity index (χ2n) is 6.04. The molecule has 25 heavy (non-hydrogen) atoms. The Morgan fingerprint density at radius 2 is 1.88 bits per heavy atom. The molecule has 1 heterocycles. The van der Waals surface area contributed by atoms with Gasteiger partial charge >= 0.3 is 0 Å². The number of nitro benzene ring substituents is 1. The molecule has 0 radical (unpaired) electrons. The third-order valence-corrected chi connectivity index (χ3v) is 3.74. The van der Waals surface area contributed by atoms with Crippen LogP contribution in [0.2, 0.25) is 0 Å². The fourth-order valence-electron chi connectivity index (χ4n) is 2.33. The Hall–Kier alpha value is -3.42. The SMILES string of the molecule is CC1(C)Oc2ccc(NC(=O)c3ccc([N+](=O)[O-])cc3)cc2NC1=O. The minimum absolute atomic E-state index is 0.0900. The van der Waals surface area contributed by atoms with Gasteiger partial charge in [-0.15, -0.1) is 0 Å². The minimum atomic E-state index is -0.962. The lowest BCUT2D eigenvalue weighted by molar-refractivity contribution is -0.384. The number of nitro groups is 1. The first-order valence-electron chi connectivity index (χ1n) is 7.46. The molecule has 0 saturated carbocycles. The molecule has 8 nitrogen and oxygen atoms in total. The number of hydrogen-bond acceptors (Lipinski definition) is 5. The predicted molar refractivity (Wildman–Crippen MR) is 90.8 cm³/mol. The summed E-state index contributed by atoms with van der Waals surface area (Å²) in [6.07, 6.45) is 0. The summed E-state index contributed by atoms with van der Waals surface area (Å²) >= 11 is 0. The normalized spacial score (nSPS) is 14.7. The third-order valence-electron chi connectivity index (χ3n) is 3.74. The van der Waals surface area contributed by atoms with Gasteiger partial charge in [0.15, 0.2) is 5.60 Å². The van der Waals surface area contributed by atoms with Gasteiger partial charge in [0.05, 0.1) is 10.6 Å². The highest BCUT2D eigenvalue weighted by Gasteiger charge is 2.35. The van der Waals surface area contributed by atoms with Gasteiger partial charge in [0.25, 0.3) is 17.5 Å². The van der Waals surface area contributed by atoms with Crippen molar-refractivity contribution in [1.82, 2.24) is 0 Å². The van der Waals surface area contributed by atoms with Gasteiger partial charge in [-0.2, -0.15) is 0 Å². The van der Waals surface area contributed by atoms with Gasteiger partial charge < -0.3 is 15.4 Å². The maximum atomic E-state index is 12.2. The van der Waals surface area contributed by atoms with Gasteiger partial charge in [0, 0.05) is 23.4 Å². The number of amides is 2. The quantitative estimate of drug-likeness (QED) is 0.658. The maximum absolute atomic E-state index is 12.2. The summed E-state index contributed by atoms with van der Waals surface area (Å²) in [5.41, 5.74) is 0.158. The topological polar surface area (TPSA) is 111 Å². The van der Waals surface area contributed by atoms with Gasteiger partial charge in [-0.1, -0.05) is 0 Å². The first-order chi connectivity index (χ1) is 11.8. The molecule has 0 atom stereocenters. The van der Waals surface area contributed by atoms with E-state index < -0.39 is 16.4 Å². The average Bonchev–Trinajstić information content (AvgIpc) is 2.56. The van der Waals surface area contributed by atoms with Crippen LogP contribution in [-0.2, 0) is 4.79 Å². The molecule has 2 aromatic rings. The van der Waals surface area contributed by atoms with Crippen molar-refractivity contribution in [2.24, 2.45) is 0 Å². The molecule has 1 aliphatic rings. The van der Waals surface area contributed by atoms with Crippen molar-refractivity contribution < 1.29 is 19.2 Å². The van der Waals surface area contributed by atoms with Crippen LogP contribution in [0.15, 0.2) is 42.5 Å². The van der Waals surface area contributed by atoms with E-state index in [2.05, 4.69) is 10.6 Å². The molecule has 8 heteroatoms. The van der Waals surface area contributed by atoms with E-state index in [1.54, 1.807) is 32.0 Å². The zero-order valence-corrected chi connectivity index (χ0v) is 13.5. The van der Waals surface area contributed by atoms with Gasteiger partial charge in [-0.25, -0.2) is 0 Å². The molecule has 0 unspecified atom stereocenters. The summed E-state index contributed by atoms with van der Waals surface area (Å²) in [7, 11) is 0. The van der Waals surface area contributed by atoms with Crippen LogP contribution in [0.4, 0.5) is 17.1 Å². The number of carbonyl (C=O) groups is 2. The summed E-state index contributed by atoms with van der Waals surface area (Å²) in [5, 5.41) is 16.1. The second-order valence-corrected chi connectivity index (χ2v) is 6.04. The lowest BCUT2D eigenvalue weighted by atomic mass is 10.1. The largest absolute Gasteiger partial charge is 0.476 e. The van der Waals surface area contributed by atoms with Crippen molar-refractivity contribution in [3.05, 3.63) is 58.1 Å². The van der Waals surface area contributed by atoms with Crippen LogP contribution in [0.25, 0.3) is 0 Å². The van der Waals surface area contributed by atoms with Gasteiger partial charge in [0.2, 0.25) is 0 Å². The molecule has 128 valence electrons. The van der Waals surface area contributed by atoms with Crippen LogP contribution in [0.5, 0.6) is 5.75 Å². The van der Waals surface area contributed by atoms with E-state index in [0.717, 1.165) is 0 Å². The first kappa shape index (κ1) is 16.4. The highest BCUT2D eigenvalue weighted by molar-refractivity contribution is 6.05. The van der Waals surface area contributed by atoms with Crippen molar-refractivity contribution in [2.45, 2.75) is 19.4 Å². The summed E-state index contributed by atoms with van der Waals surface area (Å²) in [5.74, 6) is -0.185. The molecular formula is C17H15N3O5. The van der Waals surface area contributed by atoms with Crippen molar-refractivity contribution in [3.8, 4) is 5.75 Å². The fourth-order valence-corrected chi connectivity index (χ4v) is 2.33. The number of nitrogens with one attached hydrogen (secondary N) is 2. The van der Waals surface area contributed by atoms with E-state index in [1.165, 1.54) is 24.3 Å². The number of non-ortho nitro benzene ring substituents is 1.